The minimum Gasteiger partial charge on any atom is -0.493 e. The van der Waals surface area contributed by atoms with E-state index in [1.165, 1.54) is 6.07 Å². The molecule has 1 aliphatic heterocycles. The molecule has 1 aliphatic rings. The third kappa shape index (κ3) is 2.45. The summed E-state index contributed by atoms with van der Waals surface area (Å²) in [6, 6.07) is 10.3. The molecular weight excluding hydrogens is 323 g/mol. The Balaban J connectivity index is 1.98. The topological polar surface area (TPSA) is 29.5 Å². The van der Waals surface area contributed by atoms with Crippen LogP contribution in [0.15, 0.2) is 40.9 Å². The fraction of sp³-hybridized carbons (Fsp3) is 0.250. The number of fused-ring (bicyclic) bond motifs is 1. The molecule has 20 heavy (non-hydrogen) atoms. The largest absolute Gasteiger partial charge is 0.493 e. The number of rotatable bonds is 2. The molecular formula is C16H14BrFO2. The van der Waals surface area contributed by atoms with Crippen molar-refractivity contribution in [2.75, 3.05) is 6.61 Å². The van der Waals surface area contributed by atoms with E-state index in [9.17, 15) is 9.50 Å². The van der Waals surface area contributed by atoms with E-state index >= 15 is 0 Å². The molecule has 0 aliphatic carbocycles. The Hall–Kier alpha value is -1.39. The van der Waals surface area contributed by atoms with Crippen LogP contribution in [0, 0.1) is 5.82 Å². The van der Waals surface area contributed by atoms with E-state index in [1.54, 1.807) is 12.1 Å². The summed E-state index contributed by atoms with van der Waals surface area (Å²) in [5, 5.41) is 10.5. The molecule has 1 N–H and O–H groups in total. The highest BCUT2D eigenvalue weighted by Crippen LogP contribution is 2.33. The third-order valence-electron chi connectivity index (χ3n) is 3.52. The van der Waals surface area contributed by atoms with Crippen molar-refractivity contribution in [2.45, 2.75) is 18.9 Å². The highest BCUT2D eigenvalue weighted by Gasteiger charge is 2.18. The van der Waals surface area contributed by atoms with Crippen LogP contribution in [0.25, 0.3) is 0 Å². The Morgan fingerprint density at radius 3 is 2.95 bits per heavy atom. The first kappa shape index (κ1) is 13.6. The number of hydrogen-bond acceptors (Lipinski definition) is 2. The molecule has 1 unspecified atom stereocenters. The van der Waals surface area contributed by atoms with Crippen molar-refractivity contribution in [1.82, 2.24) is 0 Å². The van der Waals surface area contributed by atoms with Crippen LogP contribution in [0.1, 0.15) is 29.2 Å². The van der Waals surface area contributed by atoms with E-state index in [2.05, 4.69) is 15.9 Å². The van der Waals surface area contributed by atoms with Crippen molar-refractivity contribution >= 4 is 15.9 Å². The van der Waals surface area contributed by atoms with Gasteiger partial charge in [0.15, 0.2) is 0 Å². The molecule has 104 valence electrons. The average molecular weight is 337 g/mol. The molecule has 0 saturated carbocycles. The second kappa shape index (κ2) is 5.54. The van der Waals surface area contributed by atoms with E-state index in [-0.39, 0.29) is 5.82 Å². The summed E-state index contributed by atoms with van der Waals surface area (Å²) < 4.78 is 19.4. The summed E-state index contributed by atoms with van der Waals surface area (Å²) in [4.78, 5) is 0. The van der Waals surface area contributed by atoms with Gasteiger partial charge in [0, 0.05) is 5.56 Å². The first-order valence-electron chi connectivity index (χ1n) is 6.54. The SMILES string of the molecule is OC(c1ccc2c(c1)CCCO2)c1cccc(F)c1Br. The van der Waals surface area contributed by atoms with Crippen LogP contribution < -0.4 is 4.74 Å². The minimum absolute atomic E-state index is 0.307. The highest BCUT2D eigenvalue weighted by molar-refractivity contribution is 9.10. The van der Waals surface area contributed by atoms with Gasteiger partial charge in [-0.2, -0.15) is 0 Å². The summed E-state index contributed by atoms with van der Waals surface area (Å²) >= 11 is 3.19. The normalized spacial score (nSPS) is 15.3. The fourth-order valence-electron chi connectivity index (χ4n) is 2.46. The number of halogens is 2. The number of aryl methyl sites for hydroxylation is 1. The van der Waals surface area contributed by atoms with E-state index in [0.29, 0.717) is 10.0 Å². The lowest BCUT2D eigenvalue weighted by Crippen LogP contribution is -2.10. The first-order chi connectivity index (χ1) is 9.66. The summed E-state index contributed by atoms with van der Waals surface area (Å²) in [7, 11) is 0. The predicted octanol–water partition coefficient (Wildman–Crippen LogP) is 3.99. The van der Waals surface area contributed by atoms with Gasteiger partial charge in [0.05, 0.1) is 11.1 Å². The molecule has 0 fully saturated rings. The number of aliphatic hydroxyl groups is 1. The van der Waals surface area contributed by atoms with E-state index in [1.807, 2.05) is 18.2 Å². The van der Waals surface area contributed by atoms with Gasteiger partial charge in [-0.05, 0) is 58.1 Å². The van der Waals surface area contributed by atoms with E-state index < -0.39 is 6.10 Å². The van der Waals surface area contributed by atoms with Crippen molar-refractivity contribution in [3.05, 3.63) is 63.4 Å². The van der Waals surface area contributed by atoms with Crippen molar-refractivity contribution in [2.24, 2.45) is 0 Å². The molecule has 4 heteroatoms. The Morgan fingerprint density at radius 1 is 1.25 bits per heavy atom. The van der Waals surface area contributed by atoms with Gasteiger partial charge in [-0.3, -0.25) is 0 Å². The zero-order chi connectivity index (χ0) is 14.1. The van der Waals surface area contributed by atoms with Crippen LogP contribution >= 0.6 is 15.9 Å². The van der Waals surface area contributed by atoms with Crippen LogP contribution in [-0.4, -0.2) is 11.7 Å². The Bertz CT molecular complexity index is 642. The number of aliphatic hydroxyl groups excluding tert-OH is 1. The van der Waals surface area contributed by atoms with Crippen molar-refractivity contribution in [3.8, 4) is 5.75 Å². The zero-order valence-electron chi connectivity index (χ0n) is 10.8. The lowest BCUT2D eigenvalue weighted by molar-refractivity contribution is 0.218. The second-order valence-electron chi connectivity index (χ2n) is 4.86. The lowest BCUT2D eigenvalue weighted by atomic mass is 9.97. The number of ether oxygens (including phenoxy) is 1. The van der Waals surface area contributed by atoms with Crippen LogP contribution in [0.4, 0.5) is 4.39 Å². The number of hydrogen-bond donors (Lipinski definition) is 1. The van der Waals surface area contributed by atoms with Crippen molar-refractivity contribution in [1.29, 1.82) is 0 Å². The van der Waals surface area contributed by atoms with Gasteiger partial charge < -0.3 is 9.84 Å². The van der Waals surface area contributed by atoms with Gasteiger partial charge >= 0.3 is 0 Å². The zero-order valence-corrected chi connectivity index (χ0v) is 12.4. The smallest absolute Gasteiger partial charge is 0.137 e. The molecule has 2 aromatic carbocycles. The van der Waals surface area contributed by atoms with E-state index in [4.69, 9.17) is 4.74 Å². The predicted molar refractivity (Wildman–Crippen MR) is 78.4 cm³/mol. The fourth-order valence-corrected chi connectivity index (χ4v) is 2.94. The maximum absolute atomic E-state index is 13.6. The van der Waals surface area contributed by atoms with Crippen LogP contribution in [0.5, 0.6) is 5.75 Å². The quantitative estimate of drug-likeness (QED) is 0.898. The van der Waals surface area contributed by atoms with Gasteiger partial charge in [-0.1, -0.05) is 18.2 Å². The monoisotopic (exact) mass is 336 g/mol. The maximum Gasteiger partial charge on any atom is 0.137 e. The van der Waals surface area contributed by atoms with Gasteiger partial charge in [0.1, 0.15) is 17.7 Å². The third-order valence-corrected chi connectivity index (χ3v) is 4.36. The minimum atomic E-state index is -0.854. The van der Waals surface area contributed by atoms with Gasteiger partial charge in [-0.25, -0.2) is 4.39 Å². The number of benzene rings is 2. The van der Waals surface area contributed by atoms with Gasteiger partial charge in [-0.15, -0.1) is 0 Å². The molecule has 0 aromatic heterocycles. The standard InChI is InChI=1S/C16H14BrFO2/c17-15-12(4-1-5-13(15)18)16(19)11-6-7-14-10(9-11)3-2-8-20-14/h1,4-7,9,16,19H,2-3,8H2. The average Bonchev–Trinajstić information content (AvgIpc) is 2.49. The second-order valence-corrected chi connectivity index (χ2v) is 5.66. The highest BCUT2D eigenvalue weighted by atomic mass is 79.9. The molecule has 2 nitrogen and oxygen atoms in total. The summed E-state index contributed by atoms with van der Waals surface area (Å²) in [6.45, 7) is 0.740. The Morgan fingerprint density at radius 2 is 2.10 bits per heavy atom. The van der Waals surface area contributed by atoms with Crippen LogP contribution in [-0.2, 0) is 6.42 Å². The molecule has 0 saturated heterocycles. The molecule has 0 spiro atoms. The first-order valence-corrected chi connectivity index (χ1v) is 7.33. The summed E-state index contributed by atoms with van der Waals surface area (Å²) in [5.41, 5.74) is 2.38. The van der Waals surface area contributed by atoms with Gasteiger partial charge in [0.2, 0.25) is 0 Å². The maximum atomic E-state index is 13.6. The Kier molecular flexibility index (Phi) is 3.76. The molecule has 1 heterocycles. The molecule has 0 bridgehead atoms. The summed E-state index contributed by atoms with van der Waals surface area (Å²) in [5.74, 6) is 0.508. The van der Waals surface area contributed by atoms with Crippen molar-refractivity contribution in [3.63, 3.8) is 0 Å². The molecule has 3 rings (SSSR count). The summed E-state index contributed by atoms with van der Waals surface area (Å²) in [6.07, 6.45) is 1.07. The molecule has 0 amide bonds. The van der Waals surface area contributed by atoms with Crippen LogP contribution in [0.2, 0.25) is 0 Å². The molecule has 0 radical (unpaired) electrons. The Labute approximate surface area is 125 Å². The van der Waals surface area contributed by atoms with Gasteiger partial charge in [0.25, 0.3) is 0 Å². The molecule has 2 aromatic rings. The van der Waals surface area contributed by atoms with Crippen LogP contribution in [0.3, 0.4) is 0 Å². The van der Waals surface area contributed by atoms with E-state index in [0.717, 1.165) is 36.3 Å². The lowest BCUT2D eigenvalue weighted by Gasteiger charge is -2.20. The molecule has 1 atom stereocenters. The van der Waals surface area contributed by atoms with Crippen molar-refractivity contribution < 1.29 is 14.2 Å².